The third kappa shape index (κ3) is 4.68. The van der Waals surface area contributed by atoms with Crippen LogP contribution in [0, 0.1) is 5.92 Å². The molecule has 0 aromatic carbocycles. The molecular formula is C16H21N3O5. The number of aryl methyl sites for hydroxylation is 1. The second-order valence-electron chi connectivity index (χ2n) is 5.63. The van der Waals surface area contributed by atoms with E-state index in [2.05, 4.69) is 15.5 Å². The van der Waals surface area contributed by atoms with Crippen molar-refractivity contribution in [2.45, 2.75) is 46.3 Å². The van der Waals surface area contributed by atoms with Gasteiger partial charge < -0.3 is 19.0 Å². The minimum atomic E-state index is -0.805. The fourth-order valence-corrected chi connectivity index (χ4v) is 2.01. The first kappa shape index (κ1) is 17.7. The van der Waals surface area contributed by atoms with Crippen LogP contribution in [0.4, 0.5) is 0 Å². The van der Waals surface area contributed by atoms with Crippen molar-refractivity contribution in [1.29, 1.82) is 0 Å². The van der Waals surface area contributed by atoms with Crippen molar-refractivity contribution in [3.05, 3.63) is 35.9 Å². The van der Waals surface area contributed by atoms with Crippen molar-refractivity contribution in [3.8, 4) is 0 Å². The standard InChI is InChI=1S/C16H21N3O5/c1-4-6-12-17-13(24-19-12)9-23-16(21)14(10(2)3)18-15(20)11-7-5-8-22-11/h5,7-8,10,14H,4,6,9H2,1-3H3,(H,18,20)/t14-/m0/s1. The van der Waals surface area contributed by atoms with E-state index in [0.29, 0.717) is 12.2 Å². The number of nitrogens with zero attached hydrogens (tertiary/aromatic N) is 2. The molecule has 0 saturated carbocycles. The van der Waals surface area contributed by atoms with Crippen LogP contribution in [0.3, 0.4) is 0 Å². The van der Waals surface area contributed by atoms with Crippen LogP contribution in [-0.2, 0) is 22.6 Å². The molecule has 0 bridgehead atoms. The van der Waals surface area contributed by atoms with Crippen molar-refractivity contribution < 1.29 is 23.3 Å². The van der Waals surface area contributed by atoms with Gasteiger partial charge in [-0.25, -0.2) is 4.79 Å². The predicted molar refractivity (Wildman–Crippen MR) is 82.9 cm³/mol. The van der Waals surface area contributed by atoms with Gasteiger partial charge in [-0.15, -0.1) is 0 Å². The lowest BCUT2D eigenvalue weighted by atomic mass is 10.0. The van der Waals surface area contributed by atoms with Crippen LogP contribution in [0.25, 0.3) is 0 Å². The van der Waals surface area contributed by atoms with Gasteiger partial charge in [0, 0.05) is 6.42 Å². The quantitative estimate of drug-likeness (QED) is 0.736. The van der Waals surface area contributed by atoms with Crippen molar-refractivity contribution in [2.75, 3.05) is 0 Å². The molecule has 0 saturated heterocycles. The van der Waals surface area contributed by atoms with E-state index in [4.69, 9.17) is 13.7 Å². The fourth-order valence-electron chi connectivity index (χ4n) is 2.01. The number of rotatable bonds is 8. The van der Waals surface area contributed by atoms with Gasteiger partial charge in [-0.1, -0.05) is 25.9 Å². The highest BCUT2D eigenvalue weighted by molar-refractivity contribution is 5.94. The number of ether oxygens (including phenoxy) is 1. The van der Waals surface area contributed by atoms with Gasteiger partial charge in [0.15, 0.2) is 18.2 Å². The summed E-state index contributed by atoms with van der Waals surface area (Å²) in [5.74, 6) is -0.259. The number of furan rings is 1. The molecule has 1 N–H and O–H groups in total. The second-order valence-corrected chi connectivity index (χ2v) is 5.63. The normalized spacial score (nSPS) is 12.2. The second kappa shape index (κ2) is 8.28. The summed E-state index contributed by atoms with van der Waals surface area (Å²) in [5, 5.41) is 6.39. The van der Waals surface area contributed by atoms with Crippen LogP contribution >= 0.6 is 0 Å². The summed E-state index contributed by atoms with van der Waals surface area (Å²) in [6.45, 7) is 5.49. The van der Waals surface area contributed by atoms with E-state index < -0.39 is 17.9 Å². The Bertz CT molecular complexity index is 663. The zero-order valence-electron chi connectivity index (χ0n) is 13.9. The average Bonchev–Trinajstić information content (AvgIpc) is 3.21. The van der Waals surface area contributed by atoms with Gasteiger partial charge in [0.2, 0.25) is 0 Å². The van der Waals surface area contributed by atoms with Crippen LogP contribution in [0.1, 0.15) is 49.5 Å². The third-order valence-corrected chi connectivity index (χ3v) is 3.27. The van der Waals surface area contributed by atoms with E-state index in [1.54, 1.807) is 19.9 Å². The summed E-state index contributed by atoms with van der Waals surface area (Å²) in [4.78, 5) is 28.4. The maximum atomic E-state index is 12.2. The molecular weight excluding hydrogens is 314 g/mol. The third-order valence-electron chi connectivity index (χ3n) is 3.27. The van der Waals surface area contributed by atoms with E-state index in [1.165, 1.54) is 12.3 Å². The summed E-state index contributed by atoms with van der Waals surface area (Å²) < 4.78 is 15.2. The lowest BCUT2D eigenvalue weighted by Gasteiger charge is -2.19. The van der Waals surface area contributed by atoms with E-state index in [1.807, 2.05) is 6.92 Å². The minimum Gasteiger partial charge on any atom is -0.459 e. The van der Waals surface area contributed by atoms with Gasteiger partial charge in [0.25, 0.3) is 11.8 Å². The van der Waals surface area contributed by atoms with Gasteiger partial charge >= 0.3 is 5.97 Å². The van der Waals surface area contributed by atoms with E-state index in [-0.39, 0.29) is 24.2 Å². The average molecular weight is 335 g/mol. The molecule has 24 heavy (non-hydrogen) atoms. The zero-order valence-corrected chi connectivity index (χ0v) is 13.9. The lowest BCUT2D eigenvalue weighted by molar-refractivity contribution is -0.149. The monoisotopic (exact) mass is 335 g/mol. The molecule has 2 aromatic rings. The van der Waals surface area contributed by atoms with Gasteiger partial charge in [0.05, 0.1) is 6.26 Å². The fraction of sp³-hybridized carbons (Fsp3) is 0.500. The molecule has 8 nitrogen and oxygen atoms in total. The number of hydrogen-bond acceptors (Lipinski definition) is 7. The SMILES string of the molecule is CCCc1noc(COC(=O)[C@@H](NC(=O)c2ccco2)C(C)C)n1. The number of carbonyl (C=O) groups excluding carboxylic acids is 2. The van der Waals surface area contributed by atoms with Crippen LogP contribution in [0.5, 0.6) is 0 Å². The number of nitrogens with one attached hydrogen (secondary N) is 1. The largest absolute Gasteiger partial charge is 0.459 e. The molecule has 0 aliphatic rings. The van der Waals surface area contributed by atoms with E-state index in [9.17, 15) is 9.59 Å². The molecule has 0 unspecified atom stereocenters. The summed E-state index contributed by atoms with van der Waals surface area (Å²) >= 11 is 0. The van der Waals surface area contributed by atoms with Gasteiger partial charge in [-0.3, -0.25) is 4.79 Å². The maximum Gasteiger partial charge on any atom is 0.329 e. The highest BCUT2D eigenvalue weighted by atomic mass is 16.6. The summed E-state index contributed by atoms with van der Waals surface area (Å²) in [6, 6.07) is 2.31. The molecule has 0 aliphatic carbocycles. The molecule has 2 aromatic heterocycles. The minimum absolute atomic E-state index is 0.130. The Labute approximate surface area is 139 Å². The van der Waals surface area contributed by atoms with Crippen molar-refractivity contribution in [2.24, 2.45) is 5.92 Å². The van der Waals surface area contributed by atoms with Crippen molar-refractivity contribution >= 4 is 11.9 Å². The number of amides is 1. The van der Waals surface area contributed by atoms with Crippen molar-refractivity contribution in [1.82, 2.24) is 15.5 Å². The van der Waals surface area contributed by atoms with Gasteiger partial charge in [0.1, 0.15) is 6.04 Å². The van der Waals surface area contributed by atoms with Crippen LogP contribution < -0.4 is 5.32 Å². The molecule has 2 rings (SSSR count). The lowest BCUT2D eigenvalue weighted by Crippen LogP contribution is -2.45. The molecule has 0 radical (unpaired) electrons. The van der Waals surface area contributed by atoms with Crippen LogP contribution in [-0.4, -0.2) is 28.1 Å². The zero-order chi connectivity index (χ0) is 17.5. The molecule has 2 heterocycles. The topological polar surface area (TPSA) is 107 Å². The van der Waals surface area contributed by atoms with Crippen LogP contribution in [0.15, 0.2) is 27.3 Å². The van der Waals surface area contributed by atoms with E-state index >= 15 is 0 Å². The Morgan fingerprint density at radius 1 is 1.38 bits per heavy atom. The Kier molecular flexibility index (Phi) is 6.11. The van der Waals surface area contributed by atoms with E-state index in [0.717, 1.165) is 6.42 Å². The van der Waals surface area contributed by atoms with Crippen LogP contribution in [0.2, 0.25) is 0 Å². The summed E-state index contributed by atoms with van der Waals surface area (Å²) in [6.07, 6.45) is 2.99. The molecule has 1 amide bonds. The Balaban J connectivity index is 1.92. The van der Waals surface area contributed by atoms with Crippen molar-refractivity contribution in [3.63, 3.8) is 0 Å². The molecule has 8 heteroatoms. The Morgan fingerprint density at radius 2 is 2.17 bits per heavy atom. The summed E-state index contributed by atoms with van der Waals surface area (Å²) in [7, 11) is 0. The highest BCUT2D eigenvalue weighted by Crippen LogP contribution is 2.09. The number of hydrogen-bond donors (Lipinski definition) is 1. The predicted octanol–water partition coefficient (Wildman–Crippen LogP) is 2.11. The summed E-state index contributed by atoms with van der Waals surface area (Å²) in [5.41, 5.74) is 0. The molecule has 0 fully saturated rings. The smallest absolute Gasteiger partial charge is 0.329 e. The highest BCUT2D eigenvalue weighted by Gasteiger charge is 2.27. The molecule has 130 valence electrons. The Morgan fingerprint density at radius 3 is 2.79 bits per heavy atom. The first-order valence-electron chi connectivity index (χ1n) is 7.83. The molecule has 0 aliphatic heterocycles. The number of aromatic nitrogens is 2. The first-order valence-corrected chi connectivity index (χ1v) is 7.83. The number of carbonyl (C=O) groups is 2. The van der Waals surface area contributed by atoms with Gasteiger partial charge in [-0.05, 0) is 24.5 Å². The Hall–Kier alpha value is -2.64. The first-order chi connectivity index (χ1) is 11.5. The number of esters is 1. The molecule has 1 atom stereocenters. The van der Waals surface area contributed by atoms with Gasteiger partial charge in [-0.2, -0.15) is 4.98 Å². The maximum absolute atomic E-state index is 12.2. The molecule has 0 spiro atoms.